The Morgan fingerprint density at radius 2 is 1.14 bits per heavy atom. The van der Waals surface area contributed by atoms with Gasteiger partial charge in [0.25, 0.3) is 0 Å². The monoisotopic (exact) mass is 642 g/mol. The maximum atomic E-state index is 7.10. The molecule has 0 unspecified atom stereocenters. The average molecular weight is 643 g/mol. The van der Waals surface area contributed by atoms with Crippen LogP contribution >= 0.6 is 0 Å². The first-order valence-corrected chi connectivity index (χ1v) is 17.3. The van der Waals surface area contributed by atoms with Gasteiger partial charge in [-0.05, 0) is 80.9 Å². The van der Waals surface area contributed by atoms with Gasteiger partial charge in [0.1, 0.15) is 0 Å². The standard InChI is InChI=1S/C47H34N2O/c1-47(2)38-20-10-11-21-40(38)49-41-22-12-13-23-44(41)50-46-42(29-28-39(47)45(46)49)48(34-26-24-32(25-27-34)31-14-4-3-5-15-31)43-30-33-16-6-7-17-35(33)36-18-8-9-19-37(36)43/h3-30H,1-2H3. The van der Waals surface area contributed by atoms with E-state index in [2.05, 4.69) is 194 Å². The number of para-hydroxylation sites is 3. The van der Waals surface area contributed by atoms with Gasteiger partial charge in [0, 0.05) is 16.5 Å². The maximum absolute atomic E-state index is 7.10. The number of anilines is 6. The molecule has 3 nitrogen and oxygen atoms in total. The Morgan fingerprint density at radius 1 is 0.500 bits per heavy atom. The summed E-state index contributed by atoms with van der Waals surface area (Å²) in [5, 5.41) is 4.84. The average Bonchev–Trinajstić information content (AvgIpc) is 3.17. The fraction of sp³-hybridized carbons (Fsp3) is 0.0638. The van der Waals surface area contributed by atoms with Crippen molar-refractivity contribution in [1.29, 1.82) is 0 Å². The van der Waals surface area contributed by atoms with Gasteiger partial charge in [0.2, 0.25) is 0 Å². The van der Waals surface area contributed by atoms with Crippen molar-refractivity contribution in [3.05, 3.63) is 181 Å². The summed E-state index contributed by atoms with van der Waals surface area (Å²) < 4.78 is 7.10. The van der Waals surface area contributed by atoms with Crippen molar-refractivity contribution < 1.29 is 4.74 Å². The lowest BCUT2D eigenvalue weighted by Gasteiger charge is -2.45. The lowest BCUT2D eigenvalue weighted by molar-refractivity contribution is 0.472. The minimum Gasteiger partial charge on any atom is -0.451 e. The first-order chi connectivity index (χ1) is 24.6. The van der Waals surface area contributed by atoms with Gasteiger partial charge in [-0.25, -0.2) is 0 Å². The molecule has 8 aromatic rings. The molecule has 0 saturated carbocycles. The van der Waals surface area contributed by atoms with E-state index in [-0.39, 0.29) is 5.41 Å². The molecule has 0 atom stereocenters. The number of ether oxygens (including phenoxy) is 1. The molecule has 2 aliphatic heterocycles. The van der Waals surface area contributed by atoms with Crippen LogP contribution < -0.4 is 14.5 Å². The Morgan fingerprint density at radius 3 is 1.96 bits per heavy atom. The first kappa shape index (κ1) is 28.7. The zero-order valence-electron chi connectivity index (χ0n) is 28.0. The molecular weight excluding hydrogens is 609 g/mol. The topological polar surface area (TPSA) is 15.7 Å². The Bertz CT molecular complexity index is 2610. The summed E-state index contributed by atoms with van der Waals surface area (Å²) in [5.74, 6) is 1.70. The summed E-state index contributed by atoms with van der Waals surface area (Å²) in [6.07, 6.45) is 0. The SMILES string of the molecule is CC1(C)c2ccccc2N2c3ccccc3Oc3c(N(c4ccc(-c5ccccc5)cc4)c4cc5ccccc5c5ccccc45)ccc1c32. The van der Waals surface area contributed by atoms with Crippen LogP contribution in [0.1, 0.15) is 25.0 Å². The van der Waals surface area contributed by atoms with Gasteiger partial charge in [0.05, 0.1) is 28.4 Å². The highest BCUT2D eigenvalue weighted by molar-refractivity contribution is 6.15. The number of benzene rings is 8. The molecule has 0 N–H and O–H groups in total. The maximum Gasteiger partial charge on any atom is 0.175 e. The van der Waals surface area contributed by atoms with E-state index < -0.39 is 0 Å². The molecular formula is C47H34N2O. The third kappa shape index (κ3) is 4.17. The van der Waals surface area contributed by atoms with Crippen LogP contribution in [0.5, 0.6) is 11.5 Å². The number of fused-ring (bicyclic) bond motifs is 7. The van der Waals surface area contributed by atoms with E-state index in [1.165, 1.54) is 49.5 Å². The Labute approximate surface area is 292 Å². The third-order valence-electron chi connectivity index (χ3n) is 10.6. The van der Waals surface area contributed by atoms with Crippen LogP contribution in [0.3, 0.4) is 0 Å². The summed E-state index contributed by atoms with van der Waals surface area (Å²) >= 11 is 0. The van der Waals surface area contributed by atoms with Crippen molar-refractivity contribution in [2.45, 2.75) is 19.3 Å². The minimum atomic E-state index is -0.233. The predicted molar refractivity (Wildman–Crippen MR) is 208 cm³/mol. The summed E-state index contributed by atoms with van der Waals surface area (Å²) in [6, 6.07) is 61.1. The van der Waals surface area contributed by atoms with E-state index in [1.54, 1.807) is 0 Å². The molecule has 2 heterocycles. The molecule has 10 rings (SSSR count). The minimum absolute atomic E-state index is 0.233. The quantitative estimate of drug-likeness (QED) is 0.178. The highest BCUT2D eigenvalue weighted by atomic mass is 16.5. The molecule has 0 saturated heterocycles. The first-order valence-electron chi connectivity index (χ1n) is 17.3. The smallest absolute Gasteiger partial charge is 0.175 e. The molecule has 50 heavy (non-hydrogen) atoms. The summed E-state index contributed by atoms with van der Waals surface area (Å²) in [6.45, 7) is 4.66. The second-order valence-electron chi connectivity index (χ2n) is 13.8. The molecule has 8 aromatic carbocycles. The summed E-state index contributed by atoms with van der Waals surface area (Å²) in [5.41, 5.74) is 11.2. The van der Waals surface area contributed by atoms with Gasteiger partial charge in [-0.1, -0.05) is 141 Å². The van der Waals surface area contributed by atoms with Gasteiger partial charge >= 0.3 is 0 Å². The van der Waals surface area contributed by atoms with Gasteiger partial charge in [-0.2, -0.15) is 0 Å². The van der Waals surface area contributed by atoms with Crippen molar-refractivity contribution in [2.24, 2.45) is 0 Å². The van der Waals surface area contributed by atoms with Crippen LogP contribution in [0, 0.1) is 0 Å². The fourth-order valence-corrected chi connectivity index (χ4v) is 8.18. The van der Waals surface area contributed by atoms with E-state index in [0.717, 1.165) is 39.9 Å². The Hall–Kier alpha value is -6.32. The molecule has 0 aromatic heterocycles. The van der Waals surface area contributed by atoms with E-state index in [9.17, 15) is 0 Å². The highest BCUT2D eigenvalue weighted by Gasteiger charge is 2.43. The normalized spacial score (nSPS) is 13.7. The van der Waals surface area contributed by atoms with Crippen LogP contribution in [0.4, 0.5) is 34.1 Å². The molecule has 0 radical (unpaired) electrons. The van der Waals surface area contributed by atoms with E-state index in [1.807, 2.05) is 0 Å². The van der Waals surface area contributed by atoms with Gasteiger partial charge < -0.3 is 14.5 Å². The van der Waals surface area contributed by atoms with Crippen LogP contribution in [-0.4, -0.2) is 0 Å². The molecule has 0 aliphatic carbocycles. The lowest BCUT2D eigenvalue weighted by atomic mass is 9.73. The van der Waals surface area contributed by atoms with Crippen molar-refractivity contribution in [3.63, 3.8) is 0 Å². The zero-order chi connectivity index (χ0) is 33.4. The van der Waals surface area contributed by atoms with Crippen molar-refractivity contribution in [2.75, 3.05) is 9.80 Å². The van der Waals surface area contributed by atoms with E-state index in [0.29, 0.717) is 0 Å². The second kappa shape index (κ2) is 10.8. The highest BCUT2D eigenvalue weighted by Crippen LogP contribution is 2.63. The molecule has 0 bridgehead atoms. The van der Waals surface area contributed by atoms with E-state index >= 15 is 0 Å². The largest absolute Gasteiger partial charge is 0.451 e. The second-order valence-corrected chi connectivity index (χ2v) is 13.8. The fourth-order valence-electron chi connectivity index (χ4n) is 8.18. The molecule has 238 valence electrons. The van der Waals surface area contributed by atoms with Gasteiger partial charge in [-0.3, -0.25) is 0 Å². The summed E-state index contributed by atoms with van der Waals surface area (Å²) in [4.78, 5) is 4.82. The molecule has 0 fully saturated rings. The van der Waals surface area contributed by atoms with Crippen LogP contribution in [0.15, 0.2) is 170 Å². The van der Waals surface area contributed by atoms with E-state index in [4.69, 9.17) is 4.74 Å². The predicted octanol–water partition coefficient (Wildman–Crippen LogP) is 13.3. The molecule has 0 amide bonds. The molecule has 0 spiro atoms. The third-order valence-corrected chi connectivity index (χ3v) is 10.6. The number of hydrogen-bond acceptors (Lipinski definition) is 3. The lowest BCUT2D eigenvalue weighted by Crippen LogP contribution is -2.32. The summed E-state index contributed by atoms with van der Waals surface area (Å²) in [7, 11) is 0. The Kier molecular flexibility index (Phi) is 6.22. The number of rotatable bonds is 4. The van der Waals surface area contributed by atoms with Crippen molar-refractivity contribution in [3.8, 4) is 22.6 Å². The van der Waals surface area contributed by atoms with Crippen molar-refractivity contribution in [1.82, 2.24) is 0 Å². The van der Waals surface area contributed by atoms with Crippen molar-refractivity contribution >= 4 is 55.7 Å². The van der Waals surface area contributed by atoms with Gasteiger partial charge in [0.15, 0.2) is 11.5 Å². The molecule has 2 aliphatic rings. The van der Waals surface area contributed by atoms with Crippen LogP contribution in [0.2, 0.25) is 0 Å². The zero-order valence-corrected chi connectivity index (χ0v) is 28.0. The van der Waals surface area contributed by atoms with Crippen LogP contribution in [0.25, 0.3) is 32.7 Å². The van der Waals surface area contributed by atoms with Crippen LogP contribution in [-0.2, 0) is 5.41 Å². The van der Waals surface area contributed by atoms with Gasteiger partial charge in [-0.15, -0.1) is 0 Å². The molecule has 3 heteroatoms. The Balaban J connectivity index is 1.28. The number of hydrogen-bond donors (Lipinski definition) is 0. The number of nitrogens with zero attached hydrogens (tertiary/aromatic N) is 2.